The molecule has 10 nitrogen and oxygen atoms in total. The summed E-state index contributed by atoms with van der Waals surface area (Å²) in [5.74, 6) is 2.57. The fourth-order valence-corrected chi connectivity index (χ4v) is 3.69. The van der Waals surface area contributed by atoms with Crippen LogP contribution in [0.5, 0.6) is 17.2 Å². The van der Waals surface area contributed by atoms with Gasteiger partial charge in [0, 0.05) is 37.3 Å². The van der Waals surface area contributed by atoms with Crippen molar-refractivity contribution in [2.45, 2.75) is 18.8 Å². The second-order valence-electron chi connectivity index (χ2n) is 7.28. The van der Waals surface area contributed by atoms with Gasteiger partial charge >= 0.3 is 6.03 Å². The highest BCUT2D eigenvalue weighted by molar-refractivity contribution is 5.90. The average molecular weight is 439 g/mol. The Morgan fingerprint density at radius 3 is 2.41 bits per heavy atom. The molecule has 10 heteroatoms. The van der Waals surface area contributed by atoms with Gasteiger partial charge in [-0.2, -0.15) is 4.98 Å². The lowest BCUT2D eigenvalue weighted by atomic mass is 9.97. The topological polar surface area (TPSA) is 112 Å². The lowest BCUT2D eigenvalue weighted by Crippen LogP contribution is -2.40. The molecule has 2 aromatic heterocycles. The highest BCUT2D eigenvalue weighted by atomic mass is 16.5. The summed E-state index contributed by atoms with van der Waals surface area (Å²) in [6.07, 6.45) is 3.15. The smallest absolute Gasteiger partial charge is 0.321 e. The number of rotatable bonds is 6. The number of nitrogens with one attached hydrogen (secondary N) is 1. The predicted octanol–water partition coefficient (Wildman–Crippen LogP) is 3.57. The minimum atomic E-state index is -0.197. The van der Waals surface area contributed by atoms with Gasteiger partial charge in [0.05, 0.1) is 27.0 Å². The van der Waals surface area contributed by atoms with Gasteiger partial charge in [-0.1, -0.05) is 11.2 Å². The van der Waals surface area contributed by atoms with Crippen LogP contribution in [0.25, 0.3) is 11.5 Å². The van der Waals surface area contributed by atoms with Gasteiger partial charge in [-0.05, 0) is 25.0 Å². The summed E-state index contributed by atoms with van der Waals surface area (Å²) in [5.41, 5.74) is 1.23. The Balaban J connectivity index is 1.38. The first-order valence-corrected chi connectivity index (χ1v) is 10.2. The molecule has 32 heavy (non-hydrogen) atoms. The van der Waals surface area contributed by atoms with Crippen LogP contribution in [0.4, 0.5) is 10.5 Å². The van der Waals surface area contributed by atoms with E-state index in [1.54, 1.807) is 23.2 Å². The lowest BCUT2D eigenvalue weighted by Gasteiger charge is -2.30. The monoisotopic (exact) mass is 439 g/mol. The molecule has 1 fully saturated rings. The minimum Gasteiger partial charge on any atom is -0.493 e. The van der Waals surface area contributed by atoms with Gasteiger partial charge < -0.3 is 29.0 Å². The number of pyridine rings is 1. The van der Waals surface area contributed by atoms with Crippen molar-refractivity contribution in [2.24, 2.45) is 0 Å². The van der Waals surface area contributed by atoms with Gasteiger partial charge in [-0.3, -0.25) is 4.98 Å². The number of piperidine rings is 1. The molecule has 0 radical (unpaired) electrons. The van der Waals surface area contributed by atoms with Crippen LogP contribution in [-0.2, 0) is 0 Å². The Kier molecular flexibility index (Phi) is 6.39. The van der Waals surface area contributed by atoms with E-state index in [0.29, 0.717) is 53.4 Å². The summed E-state index contributed by atoms with van der Waals surface area (Å²) in [4.78, 5) is 23.3. The Morgan fingerprint density at radius 2 is 1.81 bits per heavy atom. The van der Waals surface area contributed by atoms with Gasteiger partial charge in [0.25, 0.3) is 0 Å². The molecule has 3 aromatic rings. The van der Waals surface area contributed by atoms with Crippen LogP contribution in [0.1, 0.15) is 24.7 Å². The molecule has 0 saturated carbocycles. The zero-order chi connectivity index (χ0) is 22.5. The standard InChI is InChI=1S/C22H25N5O5/c1-29-17-12-15(13-18(30-2)19(17)31-3)24-22(28)27-10-7-14(8-11-27)21-25-20(26-32-21)16-6-4-5-9-23-16/h4-6,9,12-14H,7-8,10-11H2,1-3H3,(H,24,28). The number of likely N-dealkylation sites (tertiary alicyclic amines) is 1. The molecule has 1 N–H and O–H groups in total. The first-order valence-electron chi connectivity index (χ1n) is 10.2. The first kappa shape index (κ1) is 21.4. The maximum Gasteiger partial charge on any atom is 0.321 e. The van der Waals surface area contributed by atoms with E-state index in [1.807, 2.05) is 18.2 Å². The average Bonchev–Trinajstić information content (AvgIpc) is 3.34. The lowest BCUT2D eigenvalue weighted by molar-refractivity contribution is 0.187. The number of hydrogen-bond acceptors (Lipinski definition) is 8. The Hall–Kier alpha value is -3.82. The molecule has 0 atom stereocenters. The van der Waals surface area contributed by atoms with Crippen LogP contribution in [0.15, 0.2) is 41.1 Å². The Morgan fingerprint density at radius 1 is 1.09 bits per heavy atom. The molecule has 0 unspecified atom stereocenters. The van der Waals surface area contributed by atoms with Gasteiger partial charge in [-0.15, -0.1) is 0 Å². The summed E-state index contributed by atoms with van der Waals surface area (Å²) in [5, 5.41) is 6.95. The molecule has 1 aliphatic rings. The van der Waals surface area contributed by atoms with Crippen molar-refractivity contribution in [2.75, 3.05) is 39.7 Å². The van der Waals surface area contributed by atoms with E-state index in [2.05, 4.69) is 20.4 Å². The molecule has 1 aromatic carbocycles. The summed E-state index contributed by atoms with van der Waals surface area (Å²) in [6.45, 7) is 1.14. The molecule has 168 valence electrons. The third kappa shape index (κ3) is 4.43. The van der Waals surface area contributed by atoms with Crippen molar-refractivity contribution in [3.05, 3.63) is 42.4 Å². The Labute approximate surface area is 185 Å². The molecule has 0 aliphatic carbocycles. The fourth-order valence-electron chi connectivity index (χ4n) is 3.69. The number of carbonyl (C=O) groups is 1. The second kappa shape index (κ2) is 9.54. The van der Waals surface area contributed by atoms with Crippen LogP contribution in [0.3, 0.4) is 0 Å². The zero-order valence-electron chi connectivity index (χ0n) is 18.2. The fraction of sp³-hybridized carbons (Fsp3) is 0.364. The van der Waals surface area contributed by atoms with Gasteiger partial charge in [0.2, 0.25) is 17.5 Å². The van der Waals surface area contributed by atoms with E-state index in [4.69, 9.17) is 18.7 Å². The number of aromatic nitrogens is 3. The third-order valence-electron chi connectivity index (χ3n) is 5.38. The van der Waals surface area contributed by atoms with Crippen molar-refractivity contribution in [1.29, 1.82) is 0 Å². The number of benzene rings is 1. The molecular weight excluding hydrogens is 414 g/mol. The molecule has 1 saturated heterocycles. The van der Waals surface area contributed by atoms with Gasteiger partial charge in [0.1, 0.15) is 5.69 Å². The van der Waals surface area contributed by atoms with E-state index in [-0.39, 0.29) is 11.9 Å². The quantitative estimate of drug-likeness (QED) is 0.620. The molecule has 0 spiro atoms. The summed E-state index contributed by atoms with van der Waals surface area (Å²) in [7, 11) is 4.60. The number of carbonyl (C=O) groups excluding carboxylic acids is 1. The number of methoxy groups -OCH3 is 3. The number of anilines is 1. The van der Waals surface area contributed by atoms with E-state index in [0.717, 1.165) is 12.8 Å². The molecule has 4 rings (SSSR count). The van der Waals surface area contributed by atoms with Crippen LogP contribution in [0.2, 0.25) is 0 Å². The van der Waals surface area contributed by atoms with Gasteiger partial charge in [-0.25, -0.2) is 4.79 Å². The summed E-state index contributed by atoms with van der Waals surface area (Å²) < 4.78 is 21.5. The predicted molar refractivity (Wildman–Crippen MR) is 116 cm³/mol. The number of urea groups is 1. The van der Waals surface area contributed by atoms with E-state index < -0.39 is 0 Å². The maximum atomic E-state index is 12.8. The van der Waals surface area contributed by atoms with Crippen LogP contribution in [0, 0.1) is 0 Å². The number of amides is 2. The first-order chi connectivity index (χ1) is 15.6. The minimum absolute atomic E-state index is 0.102. The summed E-state index contributed by atoms with van der Waals surface area (Å²) >= 11 is 0. The number of nitrogens with zero attached hydrogens (tertiary/aromatic N) is 4. The third-order valence-corrected chi connectivity index (χ3v) is 5.38. The second-order valence-corrected chi connectivity index (χ2v) is 7.28. The van der Waals surface area contributed by atoms with Gasteiger partial charge in [0.15, 0.2) is 11.5 Å². The van der Waals surface area contributed by atoms with Crippen LogP contribution < -0.4 is 19.5 Å². The van der Waals surface area contributed by atoms with Crippen LogP contribution >= 0.6 is 0 Å². The van der Waals surface area contributed by atoms with E-state index in [9.17, 15) is 4.79 Å². The molecule has 3 heterocycles. The largest absolute Gasteiger partial charge is 0.493 e. The number of hydrogen-bond donors (Lipinski definition) is 1. The molecule has 2 amide bonds. The van der Waals surface area contributed by atoms with Crippen LogP contribution in [-0.4, -0.2) is 60.5 Å². The van der Waals surface area contributed by atoms with Crippen molar-refractivity contribution < 1.29 is 23.5 Å². The van der Waals surface area contributed by atoms with Crippen molar-refractivity contribution >= 4 is 11.7 Å². The highest BCUT2D eigenvalue weighted by Gasteiger charge is 2.28. The Bertz CT molecular complexity index is 1040. The molecular formula is C22H25N5O5. The van der Waals surface area contributed by atoms with Crippen molar-refractivity contribution in [1.82, 2.24) is 20.0 Å². The normalized spacial score (nSPS) is 14.2. The SMILES string of the molecule is COc1cc(NC(=O)N2CCC(c3nc(-c4ccccn4)no3)CC2)cc(OC)c1OC. The molecule has 0 bridgehead atoms. The zero-order valence-corrected chi connectivity index (χ0v) is 18.2. The van der Waals surface area contributed by atoms with Crippen molar-refractivity contribution in [3.63, 3.8) is 0 Å². The molecule has 1 aliphatic heterocycles. The number of ether oxygens (including phenoxy) is 3. The van der Waals surface area contributed by atoms with E-state index >= 15 is 0 Å². The van der Waals surface area contributed by atoms with Crippen molar-refractivity contribution in [3.8, 4) is 28.8 Å². The highest BCUT2D eigenvalue weighted by Crippen LogP contribution is 2.40. The van der Waals surface area contributed by atoms with E-state index in [1.165, 1.54) is 21.3 Å². The maximum absolute atomic E-state index is 12.8. The summed E-state index contributed by atoms with van der Waals surface area (Å²) in [6, 6.07) is 8.75.